The Bertz CT molecular complexity index is 365. The van der Waals surface area contributed by atoms with Crippen LogP contribution in [0.5, 0.6) is 0 Å². The lowest BCUT2D eigenvalue weighted by Gasteiger charge is -2.34. The van der Waals surface area contributed by atoms with Crippen LogP contribution in [0.15, 0.2) is 18.3 Å². The molecule has 0 radical (unpaired) electrons. The molecule has 1 fully saturated rings. The molecule has 3 heteroatoms. The van der Waals surface area contributed by atoms with Gasteiger partial charge in [0.05, 0.1) is 6.10 Å². The number of nitrogens with zero attached hydrogens (tertiary/aromatic N) is 2. The second-order valence-corrected chi connectivity index (χ2v) is 5.13. The summed E-state index contributed by atoms with van der Waals surface area (Å²) in [5.41, 5.74) is 2.42. The number of hydrogen-bond acceptors (Lipinski definition) is 3. The van der Waals surface area contributed by atoms with Crippen LogP contribution in [-0.2, 0) is 6.54 Å². The molecule has 1 aliphatic rings. The van der Waals surface area contributed by atoms with Crippen molar-refractivity contribution < 1.29 is 5.11 Å². The largest absolute Gasteiger partial charge is 0.393 e. The molecule has 1 aromatic heterocycles. The van der Waals surface area contributed by atoms with Crippen molar-refractivity contribution >= 4 is 0 Å². The molecule has 0 saturated carbocycles. The molecule has 0 unspecified atom stereocenters. The first-order valence-corrected chi connectivity index (χ1v) is 6.47. The molecular formula is C14H22N2O. The third-order valence-electron chi connectivity index (χ3n) is 3.73. The molecule has 17 heavy (non-hydrogen) atoms. The number of hydrogen-bond donors (Lipinski definition) is 1. The SMILES string of the molecule is Cc1ncccc1CN1CCC[C@@H]([C@@H](C)O)C1. The van der Waals surface area contributed by atoms with Gasteiger partial charge in [0.1, 0.15) is 0 Å². The predicted molar refractivity (Wildman–Crippen MR) is 68.7 cm³/mol. The Kier molecular flexibility index (Phi) is 4.13. The highest BCUT2D eigenvalue weighted by atomic mass is 16.3. The average Bonchev–Trinajstić information content (AvgIpc) is 2.32. The van der Waals surface area contributed by atoms with Crippen LogP contribution in [0.1, 0.15) is 31.0 Å². The van der Waals surface area contributed by atoms with E-state index < -0.39 is 0 Å². The molecule has 1 saturated heterocycles. The van der Waals surface area contributed by atoms with Crippen molar-refractivity contribution in [1.29, 1.82) is 0 Å². The maximum atomic E-state index is 9.68. The monoisotopic (exact) mass is 234 g/mol. The second kappa shape index (κ2) is 5.61. The van der Waals surface area contributed by atoms with Crippen LogP contribution >= 0.6 is 0 Å². The van der Waals surface area contributed by atoms with E-state index in [0.717, 1.165) is 31.7 Å². The zero-order chi connectivity index (χ0) is 12.3. The fourth-order valence-corrected chi connectivity index (χ4v) is 2.55. The van der Waals surface area contributed by atoms with Crippen molar-refractivity contribution in [2.45, 2.75) is 39.3 Å². The van der Waals surface area contributed by atoms with Crippen molar-refractivity contribution in [3.05, 3.63) is 29.6 Å². The Morgan fingerprint density at radius 1 is 1.59 bits per heavy atom. The van der Waals surface area contributed by atoms with Crippen LogP contribution in [0.4, 0.5) is 0 Å². The first-order chi connectivity index (χ1) is 8.16. The summed E-state index contributed by atoms with van der Waals surface area (Å²) in [7, 11) is 0. The Balaban J connectivity index is 1.97. The lowest BCUT2D eigenvalue weighted by atomic mass is 9.93. The molecular weight excluding hydrogens is 212 g/mol. The normalized spacial score (nSPS) is 23.6. The summed E-state index contributed by atoms with van der Waals surface area (Å²) in [6.07, 6.45) is 4.00. The number of aliphatic hydroxyl groups is 1. The van der Waals surface area contributed by atoms with E-state index in [1.54, 1.807) is 0 Å². The Labute approximate surface area is 103 Å². The minimum atomic E-state index is -0.187. The van der Waals surface area contributed by atoms with Gasteiger partial charge in [-0.15, -0.1) is 0 Å². The molecule has 3 nitrogen and oxygen atoms in total. The molecule has 0 aliphatic carbocycles. The van der Waals surface area contributed by atoms with E-state index >= 15 is 0 Å². The van der Waals surface area contributed by atoms with Crippen molar-refractivity contribution in [3.63, 3.8) is 0 Å². The standard InChI is InChI=1S/C14H22N2O/c1-11-13(5-3-7-15-11)9-16-8-4-6-14(10-16)12(2)17/h3,5,7,12,14,17H,4,6,8-10H2,1-2H3/t12-,14-/m1/s1. The van der Waals surface area contributed by atoms with Crippen molar-refractivity contribution in [2.24, 2.45) is 5.92 Å². The Morgan fingerprint density at radius 2 is 2.41 bits per heavy atom. The van der Waals surface area contributed by atoms with Crippen LogP contribution in [0.3, 0.4) is 0 Å². The van der Waals surface area contributed by atoms with Gasteiger partial charge in [0.15, 0.2) is 0 Å². The highest BCUT2D eigenvalue weighted by molar-refractivity contribution is 5.18. The summed E-state index contributed by atoms with van der Waals surface area (Å²) in [5.74, 6) is 0.431. The quantitative estimate of drug-likeness (QED) is 0.869. The van der Waals surface area contributed by atoms with Gasteiger partial charge in [0.25, 0.3) is 0 Å². The summed E-state index contributed by atoms with van der Waals surface area (Å²) >= 11 is 0. The first-order valence-electron chi connectivity index (χ1n) is 6.47. The van der Waals surface area contributed by atoms with Gasteiger partial charge in [0.2, 0.25) is 0 Å². The minimum absolute atomic E-state index is 0.187. The van der Waals surface area contributed by atoms with E-state index in [0.29, 0.717) is 5.92 Å². The van der Waals surface area contributed by atoms with Crippen LogP contribution in [-0.4, -0.2) is 34.2 Å². The molecule has 1 N–H and O–H groups in total. The number of aromatic nitrogens is 1. The summed E-state index contributed by atoms with van der Waals surface area (Å²) in [5, 5.41) is 9.68. The first kappa shape index (κ1) is 12.5. The van der Waals surface area contributed by atoms with E-state index in [1.807, 2.05) is 19.2 Å². The van der Waals surface area contributed by atoms with Crippen LogP contribution < -0.4 is 0 Å². The number of pyridine rings is 1. The lowest BCUT2D eigenvalue weighted by Crippen LogP contribution is -2.39. The van der Waals surface area contributed by atoms with Gasteiger partial charge in [-0.05, 0) is 50.8 Å². The average molecular weight is 234 g/mol. The van der Waals surface area contributed by atoms with E-state index in [-0.39, 0.29) is 6.10 Å². The van der Waals surface area contributed by atoms with Crippen molar-refractivity contribution in [1.82, 2.24) is 9.88 Å². The summed E-state index contributed by atoms with van der Waals surface area (Å²) in [4.78, 5) is 6.76. The zero-order valence-corrected chi connectivity index (χ0v) is 10.8. The summed E-state index contributed by atoms with van der Waals surface area (Å²) in [6.45, 7) is 7.07. The molecule has 94 valence electrons. The van der Waals surface area contributed by atoms with Gasteiger partial charge in [-0.2, -0.15) is 0 Å². The van der Waals surface area contributed by atoms with E-state index in [2.05, 4.69) is 22.9 Å². The second-order valence-electron chi connectivity index (χ2n) is 5.13. The summed E-state index contributed by atoms with van der Waals surface area (Å²) < 4.78 is 0. The fraction of sp³-hybridized carbons (Fsp3) is 0.643. The molecule has 0 amide bonds. The number of likely N-dealkylation sites (tertiary alicyclic amines) is 1. The molecule has 2 heterocycles. The molecule has 1 aromatic rings. The minimum Gasteiger partial charge on any atom is -0.393 e. The number of piperidine rings is 1. The molecule has 2 rings (SSSR count). The molecule has 0 spiro atoms. The lowest BCUT2D eigenvalue weighted by molar-refractivity contribution is 0.0598. The Hall–Kier alpha value is -0.930. The van der Waals surface area contributed by atoms with E-state index in [1.165, 1.54) is 12.0 Å². The van der Waals surface area contributed by atoms with E-state index in [4.69, 9.17) is 0 Å². The number of aryl methyl sites for hydroxylation is 1. The third-order valence-corrected chi connectivity index (χ3v) is 3.73. The van der Waals surface area contributed by atoms with Gasteiger partial charge in [0, 0.05) is 25.0 Å². The maximum Gasteiger partial charge on any atom is 0.0552 e. The number of aliphatic hydroxyl groups excluding tert-OH is 1. The van der Waals surface area contributed by atoms with Crippen molar-refractivity contribution in [3.8, 4) is 0 Å². The van der Waals surface area contributed by atoms with Crippen LogP contribution in [0.2, 0.25) is 0 Å². The third kappa shape index (κ3) is 3.27. The topological polar surface area (TPSA) is 36.4 Å². The molecule has 0 bridgehead atoms. The predicted octanol–water partition coefficient (Wildman–Crippen LogP) is 1.98. The molecule has 0 aromatic carbocycles. The van der Waals surface area contributed by atoms with Gasteiger partial charge in [-0.1, -0.05) is 6.07 Å². The van der Waals surface area contributed by atoms with E-state index in [9.17, 15) is 5.11 Å². The van der Waals surface area contributed by atoms with Gasteiger partial charge < -0.3 is 5.11 Å². The van der Waals surface area contributed by atoms with Crippen LogP contribution in [0.25, 0.3) is 0 Å². The smallest absolute Gasteiger partial charge is 0.0552 e. The maximum absolute atomic E-state index is 9.68. The van der Waals surface area contributed by atoms with Gasteiger partial charge in [-0.3, -0.25) is 9.88 Å². The molecule has 2 atom stereocenters. The highest BCUT2D eigenvalue weighted by Gasteiger charge is 2.23. The van der Waals surface area contributed by atoms with Crippen LogP contribution in [0, 0.1) is 12.8 Å². The molecule has 1 aliphatic heterocycles. The highest BCUT2D eigenvalue weighted by Crippen LogP contribution is 2.21. The van der Waals surface area contributed by atoms with Crippen molar-refractivity contribution in [2.75, 3.05) is 13.1 Å². The zero-order valence-electron chi connectivity index (χ0n) is 10.8. The fourth-order valence-electron chi connectivity index (χ4n) is 2.55. The van der Waals surface area contributed by atoms with Gasteiger partial charge in [-0.25, -0.2) is 0 Å². The Morgan fingerprint density at radius 3 is 3.12 bits per heavy atom. The number of rotatable bonds is 3. The van der Waals surface area contributed by atoms with Gasteiger partial charge >= 0.3 is 0 Å². The summed E-state index contributed by atoms with van der Waals surface area (Å²) in [6, 6.07) is 4.15.